The molecule has 2 aromatic carbocycles. The van der Waals surface area contributed by atoms with Crippen molar-refractivity contribution in [3.8, 4) is 5.75 Å². The zero-order chi connectivity index (χ0) is 26.3. The summed E-state index contributed by atoms with van der Waals surface area (Å²) in [4.78, 5) is 32.5. The number of benzene rings is 2. The monoisotopic (exact) mass is 523 g/mol. The second-order valence-corrected chi connectivity index (χ2v) is 10.7. The molecule has 8 heteroatoms. The van der Waals surface area contributed by atoms with Gasteiger partial charge >= 0.3 is 0 Å². The van der Waals surface area contributed by atoms with Gasteiger partial charge in [0.1, 0.15) is 11.6 Å². The maximum Gasteiger partial charge on any atom is 0.236 e. The molecule has 2 bridgehead atoms. The molecular formula is C30H38FN3O4. The van der Waals surface area contributed by atoms with E-state index >= 15 is 0 Å². The fourth-order valence-corrected chi connectivity index (χ4v) is 5.94. The Labute approximate surface area is 224 Å². The van der Waals surface area contributed by atoms with Gasteiger partial charge < -0.3 is 19.3 Å². The van der Waals surface area contributed by atoms with Crippen LogP contribution in [-0.4, -0.2) is 79.1 Å². The summed E-state index contributed by atoms with van der Waals surface area (Å²) in [6, 6.07) is 14.6. The van der Waals surface area contributed by atoms with Crippen molar-refractivity contribution in [3.05, 3.63) is 65.5 Å². The number of carbonyl (C=O) groups excluding carboxylic acids is 2. The van der Waals surface area contributed by atoms with E-state index in [-0.39, 0.29) is 36.0 Å². The van der Waals surface area contributed by atoms with E-state index in [9.17, 15) is 14.0 Å². The molecule has 0 aliphatic carbocycles. The molecule has 38 heavy (non-hydrogen) atoms. The highest BCUT2D eigenvalue weighted by molar-refractivity contribution is 5.79. The number of fused-ring (bicyclic) bond motifs is 3. The summed E-state index contributed by atoms with van der Waals surface area (Å²) in [5, 5.41) is 0. The molecule has 204 valence electrons. The molecule has 3 aliphatic rings. The maximum atomic E-state index is 14.5. The predicted octanol–water partition coefficient (Wildman–Crippen LogP) is 3.71. The first-order valence-electron chi connectivity index (χ1n) is 13.9. The van der Waals surface area contributed by atoms with E-state index in [1.54, 1.807) is 12.1 Å². The van der Waals surface area contributed by atoms with Crippen LogP contribution in [0.5, 0.6) is 5.75 Å². The average Bonchev–Trinajstić information content (AvgIpc) is 2.94. The molecule has 0 saturated carbocycles. The molecule has 2 amide bonds. The van der Waals surface area contributed by atoms with Crippen LogP contribution in [0.2, 0.25) is 0 Å². The fraction of sp³-hybridized carbons (Fsp3) is 0.533. The molecule has 2 saturated heterocycles. The summed E-state index contributed by atoms with van der Waals surface area (Å²) in [6.07, 6.45) is 3.12. The lowest BCUT2D eigenvalue weighted by molar-refractivity contribution is -0.139. The molecule has 0 unspecified atom stereocenters. The summed E-state index contributed by atoms with van der Waals surface area (Å²) in [6.45, 7) is 5.43. The van der Waals surface area contributed by atoms with Crippen LogP contribution in [0.15, 0.2) is 48.5 Å². The zero-order valence-electron chi connectivity index (χ0n) is 22.0. The quantitative estimate of drug-likeness (QED) is 0.612. The number of para-hydroxylation sites is 1. The number of piperidine rings is 1. The molecule has 3 aliphatic heterocycles. The predicted molar refractivity (Wildman–Crippen MR) is 142 cm³/mol. The first kappa shape index (κ1) is 26.6. The highest BCUT2D eigenvalue weighted by atomic mass is 19.1. The number of amides is 2. The van der Waals surface area contributed by atoms with Crippen molar-refractivity contribution >= 4 is 11.8 Å². The number of ether oxygens (including phenoxy) is 2. The molecule has 2 atom stereocenters. The van der Waals surface area contributed by atoms with Crippen LogP contribution in [0.3, 0.4) is 0 Å². The Morgan fingerprint density at radius 2 is 1.74 bits per heavy atom. The van der Waals surface area contributed by atoms with Crippen LogP contribution >= 0.6 is 0 Å². The molecule has 0 radical (unpaired) electrons. The fourth-order valence-electron chi connectivity index (χ4n) is 5.94. The van der Waals surface area contributed by atoms with Gasteiger partial charge in [-0.3, -0.25) is 14.5 Å². The summed E-state index contributed by atoms with van der Waals surface area (Å²) in [7, 11) is 0. The van der Waals surface area contributed by atoms with Gasteiger partial charge in [-0.25, -0.2) is 4.39 Å². The Hall–Kier alpha value is -2.97. The van der Waals surface area contributed by atoms with Crippen molar-refractivity contribution in [2.45, 2.75) is 38.8 Å². The van der Waals surface area contributed by atoms with E-state index in [0.29, 0.717) is 71.1 Å². The van der Waals surface area contributed by atoms with E-state index < -0.39 is 0 Å². The van der Waals surface area contributed by atoms with Crippen molar-refractivity contribution in [3.63, 3.8) is 0 Å². The third-order valence-corrected chi connectivity index (χ3v) is 8.10. The molecule has 0 N–H and O–H groups in total. The van der Waals surface area contributed by atoms with Crippen molar-refractivity contribution in [1.82, 2.24) is 14.7 Å². The molecule has 3 heterocycles. The molecule has 2 aromatic rings. The lowest BCUT2D eigenvalue weighted by Gasteiger charge is -2.40. The first-order valence-corrected chi connectivity index (χ1v) is 13.9. The summed E-state index contributed by atoms with van der Waals surface area (Å²) < 4.78 is 26.2. The third kappa shape index (κ3) is 6.72. The number of halogens is 1. The van der Waals surface area contributed by atoms with Crippen molar-refractivity contribution in [2.24, 2.45) is 11.8 Å². The standard InChI is InChI=1S/C30H38FN3O4/c31-27-9-3-1-6-25(27)19-32-20-26-7-2-4-10-28(26)38-15-5-8-24-21-34(30(36)22-32)12-11-23(24)18-29(35)33-13-16-37-17-14-33/h1-4,6-7,9-10,23-24H,5,8,11-22H2/t23-,24-/m0/s1. The number of hydrogen-bond donors (Lipinski definition) is 0. The second-order valence-electron chi connectivity index (χ2n) is 10.7. The van der Waals surface area contributed by atoms with E-state index in [2.05, 4.69) is 0 Å². The number of nitrogens with zero attached hydrogens (tertiary/aromatic N) is 3. The van der Waals surface area contributed by atoms with Gasteiger partial charge in [0.2, 0.25) is 11.8 Å². The van der Waals surface area contributed by atoms with Gasteiger partial charge in [0.25, 0.3) is 0 Å². The van der Waals surface area contributed by atoms with Crippen LogP contribution in [0.1, 0.15) is 36.8 Å². The van der Waals surface area contributed by atoms with Crippen molar-refractivity contribution in [1.29, 1.82) is 0 Å². The SMILES string of the molecule is O=C(C[C@@H]1CCN2C[C@@H]1CCCOc1ccccc1CN(Cc1ccccc1F)CC2=O)N1CCOCC1. The van der Waals surface area contributed by atoms with E-state index in [1.807, 2.05) is 45.0 Å². The normalized spacial score (nSPS) is 23.4. The van der Waals surface area contributed by atoms with E-state index in [0.717, 1.165) is 30.6 Å². The van der Waals surface area contributed by atoms with E-state index in [4.69, 9.17) is 9.47 Å². The van der Waals surface area contributed by atoms with Crippen molar-refractivity contribution in [2.75, 3.05) is 52.5 Å². The van der Waals surface area contributed by atoms with Gasteiger partial charge in [-0.1, -0.05) is 36.4 Å². The smallest absolute Gasteiger partial charge is 0.236 e. The number of hydrogen-bond acceptors (Lipinski definition) is 5. The van der Waals surface area contributed by atoms with Crippen molar-refractivity contribution < 1.29 is 23.5 Å². The molecule has 7 nitrogen and oxygen atoms in total. The van der Waals surface area contributed by atoms with Gasteiger partial charge in [-0.05, 0) is 43.2 Å². The lowest BCUT2D eigenvalue weighted by Crippen LogP contribution is -2.49. The Morgan fingerprint density at radius 1 is 0.947 bits per heavy atom. The van der Waals surface area contributed by atoms with Crippen LogP contribution in [-0.2, 0) is 27.4 Å². The van der Waals surface area contributed by atoms with Crippen LogP contribution < -0.4 is 4.74 Å². The topological polar surface area (TPSA) is 62.3 Å². The molecular weight excluding hydrogens is 485 g/mol. The first-order chi connectivity index (χ1) is 18.6. The third-order valence-electron chi connectivity index (χ3n) is 8.10. The Kier molecular flexibility index (Phi) is 8.91. The number of rotatable bonds is 4. The Morgan fingerprint density at radius 3 is 2.58 bits per heavy atom. The lowest BCUT2D eigenvalue weighted by atomic mass is 9.80. The van der Waals surface area contributed by atoms with Gasteiger partial charge in [0.05, 0.1) is 26.4 Å². The Bertz CT molecular complexity index is 1110. The zero-order valence-corrected chi connectivity index (χ0v) is 22.0. The minimum atomic E-state index is -0.266. The summed E-state index contributed by atoms with van der Waals surface area (Å²) >= 11 is 0. The number of carbonyl (C=O) groups is 2. The Balaban J connectivity index is 1.33. The van der Waals surface area contributed by atoms with Crippen LogP contribution in [0.4, 0.5) is 4.39 Å². The summed E-state index contributed by atoms with van der Waals surface area (Å²) in [5.41, 5.74) is 1.56. The van der Waals surface area contributed by atoms with Gasteiger partial charge in [0, 0.05) is 56.8 Å². The minimum absolute atomic E-state index is 0.0574. The largest absolute Gasteiger partial charge is 0.493 e. The molecule has 5 rings (SSSR count). The van der Waals surface area contributed by atoms with Gasteiger partial charge in [-0.15, -0.1) is 0 Å². The maximum absolute atomic E-state index is 14.5. The second kappa shape index (κ2) is 12.7. The van der Waals surface area contributed by atoms with Crippen LogP contribution in [0, 0.1) is 17.7 Å². The highest BCUT2D eigenvalue weighted by Gasteiger charge is 2.34. The van der Waals surface area contributed by atoms with Gasteiger partial charge in [-0.2, -0.15) is 0 Å². The molecule has 0 aromatic heterocycles. The van der Waals surface area contributed by atoms with Gasteiger partial charge in [0.15, 0.2) is 0 Å². The summed E-state index contributed by atoms with van der Waals surface area (Å²) in [5.74, 6) is 1.29. The van der Waals surface area contributed by atoms with E-state index in [1.165, 1.54) is 6.07 Å². The van der Waals surface area contributed by atoms with Crippen LogP contribution in [0.25, 0.3) is 0 Å². The highest BCUT2D eigenvalue weighted by Crippen LogP contribution is 2.32. The number of morpholine rings is 1. The molecule has 0 spiro atoms. The molecule has 2 fully saturated rings. The average molecular weight is 524 g/mol. The minimum Gasteiger partial charge on any atom is -0.493 e.